The Balaban J connectivity index is 2.63. The molecule has 72 valence electrons. The summed E-state index contributed by atoms with van der Waals surface area (Å²) in [6.45, 7) is 0.110. The molecule has 0 radical (unpaired) electrons. The van der Waals surface area contributed by atoms with Crippen LogP contribution in [-0.2, 0) is 4.74 Å². The van der Waals surface area contributed by atoms with E-state index in [4.69, 9.17) is 21.9 Å². The summed E-state index contributed by atoms with van der Waals surface area (Å²) in [6.07, 6.45) is -3.51. The Labute approximate surface area is 70.3 Å². The molecule has 0 saturated carbocycles. The standard InChI is InChI=1S/C6H15N3O3/c7-1-2-4(10)5(11)3(8)6(9)12-2/h2-6,10-11H,1,7-9H2. The summed E-state index contributed by atoms with van der Waals surface area (Å²) in [6, 6.07) is -0.761. The zero-order chi connectivity index (χ0) is 9.30. The number of hydrogen-bond acceptors (Lipinski definition) is 6. The number of aliphatic hydroxyl groups is 2. The largest absolute Gasteiger partial charge is 0.389 e. The third-order valence-electron chi connectivity index (χ3n) is 2.07. The summed E-state index contributed by atoms with van der Waals surface area (Å²) in [5, 5.41) is 18.7. The van der Waals surface area contributed by atoms with Gasteiger partial charge in [0.05, 0.1) is 6.04 Å². The van der Waals surface area contributed by atoms with E-state index < -0.39 is 30.6 Å². The molecule has 0 spiro atoms. The van der Waals surface area contributed by atoms with Crippen molar-refractivity contribution in [3.05, 3.63) is 0 Å². The van der Waals surface area contributed by atoms with Gasteiger partial charge in [-0.05, 0) is 0 Å². The van der Waals surface area contributed by atoms with Gasteiger partial charge in [0.25, 0.3) is 0 Å². The molecule has 0 bridgehead atoms. The van der Waals surface area contributed by atoms with Gasteiger partial charge in [-0.1, -0.05) is 0 Å². The third-order valence-corrected chi connectivity index (χ3v) is 2.07. The van der Waals surface area contributed by atoms with Crippen molar-refractivity contribution in [2.45, 2.75) is 30.6 Å². The van der Waals surface area contributed by atoms with E-state index in [9.17, 15) is 10.2 Å². The predicted octanol–water partition coefficient (Wildman–Crippen LogP) is -3.32. The molecule has 5 unspecified atom stereocenters. The van der Waals surface area contributed by atoms with Crippen molar-refractivity contribution in [3.8, 4) is 0 Å². The van der Waals surface area contributed by atoms with E-state index in [1.54, 1.807) is 0 Å². The minimum atomic E-state index is -1.07. The Morgan fingerprint density at radius 1 is 1.17 bits per heavy atom. The summed E-state index contributed by atoms with van der Waals surface area (Å²) in [5.74, 6) is 0. The van der Waals surface area contributed by atoms with Crippen molar-refractivity contribution < 1.29 is 14.9 Å². The molecule has 1 heterocycles. The van der Waals surface area contributed by atoms with Gasteiger partial charge in [-0.2, -0.15) is 0 Å². The maximum absolute atomic E-state index is 9.34. The van der Waals surface area contributed by atoms with E-state index in [2.05, 4.69) is 0 Å². The van der Waals surface area contributed by atoms with Gasteiger partial charge >= 0.3 is 0 Å². The number of ether oxygens (including phenoxy) is 1. The van der Waals surface area contributed by atoms with E-state index >= 15 is 0 Å². The minimum absolute atomic E-state index is 0.110. The summed E-state index contributed by atoms with van der Waals surface area (Å²) in [4.78, 5) is 0. The van der Waals surface area contributed by atoms with Crippen LogP contribution in [-0.4, -0.2) is 47.3 Å². The number of aliphatic hydroxyl groups excluding tert-OH is 2. The van der Waals surface area contributed by atoms with Crippen LogP contribution in [0.25, 0.3) is 0 Å². The monoisotopic (exact) mass is 177 g/mol. The van der Waals surface area contributed by atoms with Gasteiger partial charge in [0.2, 0.25) is 0 Å². The Morgan fingerprint density at radius 3 is 2.25 bits per heavy atom. The highest BCUT2D eigenvalue weighted by Gasteiger charge is 2.40. The molecule has 0 amide bonds. The van der Waals surface area contributed by atoms with E-state index in [1.165, 1.54) is 0 Å². The highest BCUT2D eigenvalue weighted by Crippen LogP contribution is 2.16. The van der Waals surface area contributed by atoms with Gasteiger partial charge in [-0.25, -0.2) is 0 Å². The van der Waals surface area contributed by atoms with Crippen LogP contribution in [0.5, 0.6) is 0 Å². The first-order valence-corrected chi connectivity index (χ1v) is 3.80. The Bertz CT molecular complexity index is 152. The molecule has 0 aromatic heterocycles. The second kappa shape index (κ2) is 3.65. The van der Waals surface area contributed by atoms with Crippen molar-refractivity contribution in [3.63, 3.8) is 0 Å². The van der Waals surface area contributed by atoms with Crippen molar-refractivity contribution in [2.24, 2.45) is 17.2 Å². The summed E-state index contributed by atoms with van der Waals surface area (Å²) < 4.78 is 5.05. The maximum atomic E-state index is 9.34. The molecule has 1 rings (SSSR count). The molecule has 0 aliphatic carbocycles. The van der Waals surface area contributed by atoms with Crippen LogP contribution in [0.1, 0.15) is 0 Å². The van der Waals surface area contributed by atoms with E-state index in [1.807, 2.05) is 0 Å². The van der Waals surface area contributed by atoms with Crippen LogP contribution < -0.4 is 17.2 Å². The average Bonchev–Trinajstić information content (AvgIpc) is 2.08. The first kappa shape index (κ1) is 9.85. The summed E-state index contributed by atoms with van der Waals surface area (Å²) in [5.41, 5.74) is 16.1. The summed E-state index contributed by atoms with van der Waals surface area (Å²) >= 11 is 0. The zero-order valence-electron chi connectivity index (χ0n) is 6.63. The lowest BCUT2D eigenvalue weighted by atomic mass is 9.97. The van der Waals surface area contributed by atoms with Gasteiger partial charge in [-0.3, -0.25) is 0 Å². The van der Waals surface area contributed by atoms with Gasteiger partial charge in [-0.15, -0.1) is 0 Å². The molecule has 6 nitrogen and oxygen atoms in total. The fourth-order valence-electron chi connectivity index (χ4n) is 1.21. The average molecular weight is 177 g/mol. The van der Waals surface area contributed by atoms with Crippen LogP contribution in [0.2, 0.25) is 0 Å². The van der Waals surface area contributed by atoms with Crippen molar-refractivity contribution in [1.82, 2.24) is 0 Å². The van der Waals surface area contributed by atoms with Crippen molar-refractivity contribution >= 4 is 0 Å². The van der Waals surface area contributed by atoms with Crippen molar-refractivity contribution in [1.29, 1.82) is 0 Å². The quantitative estimate of drug-likeness (QED) is 0.285. The number of hydrogen-bond donors (Lipinski definition) is 5. The topological polar surface area (TPSA) is 128 Å². The molecule has 6 heteroatoms. The smallest absolute Gasteiger partial charge is 0.124 e. The lowest BCUT2D eigenvalue weighted by Gasteiger charge is -2.39. The molecule has 5 atom stereocenters. The Hall–Kier alpha value is -0.240. The van der Waals surface area contributed by atoms with Crippen LogP contribution in [0, 0.1) is 0 Å². The maximum Gasteiger partial charge on any atom is 0.124 e. The third kappa shape index (κ3) is 1.58. The lowest BCUT2D eigenvalue weighted by Crippen LogP contribution is -2.65. The van der Waals surface area contributed by atoms with Crippen LogP contribution in [0.15, 0.2) is 0 Å². The van der Waals surface area contributed by atoms with Crippen LogP contribution in [0.3, 0.4) is 0 Å². The molecular formula is C6H15N3O3. The highest BCUT2D eigenvalue weighted by atomic mass is 16.5. The minimum Gasteiger partial charge on any atom is -0.389 e. The zero-order valence-corrected chi connectivity index (χ0v) is 6.63. The van der Waals surface area contributed by atoms with Crippen LogP contribution >= 0.6 is 0 Å². The van der Waals surface area contributed by atoms with Gasteiger partial charge in [0.1, 0.15) is 24.5 Å². The van der Waals surface area contributed by atoms with Gasteiger partial charge < -0.3 is 32.2 Å². The van der Waals surface area contributed by atoms with Gasteiger partial charge in [0, 0.05) is 6.54 Å². The molecule has 1 aliphatic heterocycles. The normalized spacial score (nSPS) is 49.2. The first-order chi connectivity index (χ1) is 5.57. The molecule has 1 saturated heterocycles. The lowest BCUT2D eigenvalue weighted by molar-refractivity contribution is -0.172. The molecule has 8 N–H and O–H groups in total. The molecule has 12 heavy (non-hydrogen) atoms. The van der Waals surface area contributed by atoms with E-state index in [-0.39, 0.29) is 6.54 Å². The van der Waals surface area contributed by atoms with E-state index in [0.29, 0.717) is 0 Å². The highest BCUT2D eigenvalue weighted by molar-refractivity contribution is 4.92. The molecular weight excluding hydrogens is 162 g/mol. The molecule has 0 aromatic carbocycles. The fraction of sp³-hybridized carbons (Fsp3) is 1.00. The molecule has 1 fully saturated rings. The molecule has 1 aliphatic rings. The van der Waals surface area contributed by atoms with E-state index in [0.717, 1.165) is 0 Å². The number of nitrogens with two attached hydrogens (primary N) is 3. The predicted molar refractivity (Wildman–Crippen MR) is 41.9 cm³/mol. The SMILES string of the molecule is NCC1OC(N)C(N)C(O)C1O. The fourth-order valence-corrected chi connectivity index (χ4v) is 1.21. The Kier molecular flexibility index (Phi) is 2.99. The summed E-state index contributed by atoms with van der Waals surface area (Å²) in [7, 11) is 0. The second-order valence-electron chi connectivity index (χ2n) is 2.93. The second-order valence-corrected chi connectivity index (χ2v) is 2.93. The molecule has 0 aromatic rings. The van der Waals surface area contributed by atoms with Crippen molar-refractivity contribution in [2.75, 3.05) is 6.54 Å². The van der Waals surface area contributed by atoms with Crippen LogP contribution in [0.4, 0.5) is 0 Å². The van der Waals surface area contributed by atoms with Gasteiger partial charge in [0.15, 0.2) is 0 Å². The first-order valence-electron chi connectivity index (χ1n) is 3.80. The Morgan fingerprint density at radius 2 is 1.75 bits per heavy atom. The number of rotatable bonds is 1.